The fourth-order valence-corrected chi connectivity index (χ4v) is 5.69. The molecule has 0 radical (unpaired) electrons. The molecular weight excluding hydrogens is 444 g/mol. The summed E-state index contributed by atoms with van der Waals surface area (Å²) >= 11 is 0. The summed E-state index contributed by atoms with van der Waals surface area (Å²) in [6.07, 6.45) is 0.698. The van der Waals surface area contributed by atoms with Gasteiger partial charge in [0, 0.05) is 0 Å². The van der Waals surface area contributed by atoms with Gasteiger partial charge in [0.05, 0.1) is 16.6 Å². The molecule has 6 heteroatoms. The second-order valence-corrected chi connectivity index (χ2v) is 10.9. The van der Waals surface area contributed by atoms with Crippen LogP contribution in [0.3, 0.4) is 0 Å². The van der Waals surface area contributed by atoms with E-state index >= 15 is 0 Å². The number of nitrogens with zero attached hydrogens (tertiary/aromatic N) is 1. The van der Waals surface area contributed by atoms with Crippen molar-refractivity contribution in [2.24, 2.45) is 0 Å². The number of aryl methyl sites for hydroxylation is 5. The Morgan fingerprint density at radius 2 is 1.38 bits per heavy atom. The predicted molar refractivity (Wildman–Crippen MR) is 139 cm³/mol. The third-order valence-electron chi connectivity index (χ3n) is 6.06. The van der Waals surface area contributed by atoms with Crippen LogP contribution in [0.15, 0.2) is 65.6 Å². The predicted octanol–water partition coefficient (Wildman–Crippen LogP) is 5.69. The molecule has 0 fully saturated rings. The maximum atomic E-state index is 13.7. The summed E-state index contributed by atoms with van der Waals surface area (Å²) < 4.78 is 28.6. The highest BCUT2D eigenvalue weighted by Crippen LogP contribution is 2.28. The number of amides is 1. The van der Waals surface area contributed by atoms with Crippen molar-refractivity contribution in [3.05, 3.63) is 94.0 Å². The number of sulfonamides is 1. The summed E-state index contributed by atoms with van der Waals surface area (Å²) in [5, 5.41) is 3.06. The van der Waals surface area contributed by atoms with E-state index in [2.05, 4.69) is 11.4 Å². The molecule has 0 aliphatic carbocycles. The molecule has 0 bridgehead atoms. The van der Waals surface area contributed by atoms with Crippen molar-refractivity contribution in [3.63, 3.8) is 0 Å². The van der Waals surface area contributed by atoms with Crippen LogP contribution in [-0.4, -0.2) is 20.9 Å². The van der Waals surface area contributed by atoms with Crippen LogP contribution in [0.25, 0.3) is 0 Å². The van der Waals surface area contributed by atoms with Gasteiger partial charge in [-0.3, -0.25) is 9.10 Å². The van der Waals surface area contributed by atoms with Gasteiger partial charge in [-0.05, 0) is 75.9 Å². The lowest BCUT2D eigenvalue weighted by Gasteiger charge is -2.27. The fourth-order valence-electron chi connectivity index (χ4n) is 4.21. The van der Waals surface area contributed by atoms with Crippen LogP contribution in [0.5, 0.6) is 0 Å². The molecule has 3 aromatic carbocycles. The van der Waals surface area contributed by atoms with Crippen molar-refractivity contribution in [1.82, 2.24) is 5.32 Å². The van der Waals surface area contributed by atoms with Crippen LogP contribution < -0.4 is 9.62 Å². The molecule has 0 spiro atoms. The SMILES string of the molecule is CCC(NC(=O)CN(c1ccc(C)cc1C)S(=O)(=O)c1ccc(C)cc1)c1ccc(C)cc1C. The Bertz CT molecular complexity index is 1280. The van der Waals surface area contributed by atoms with Crippen molar-refractivity contribution < 1.29 is 13.2 Å². The second-order valence-electron chi connectivity index (χ2n) is 9.00. The summed E-state index contributed by atoms with van der Waals surface area (Å²) in [4.78, 5) is 13.4. The maximum absolute atomic E-state index is 13.7. The fraction of sp³-hybridized carbons (Fsp3) is 0.321. The lowest BCUT2D eigenvalue weighted by atomic mass is 9.97. The van der Waals surface area contributed by atoms with E-state index in [-0.39, 0.29) is 23.4 Å². The summed E-state index contributed by atoms with van der Waals surface area (Å²) in [6.45, 7) is 11.5. The third-order valence-corrected chi connectivity index (χ3v) is 7.84. The monoisotopic (exact) mass is 478 g/mol. The summed E-state index contributed by atoms with van der Waals surface area (Å²) in [6, 6.07) is 18.2. The number of benzene rings is 3. The van der Waals surface area contributed by atoms with E-state index in [1.54, 1.807) is 30.3 Å². The van der Waals surface area contributed by atoms with Gasteiger partial charge >= 0.3 is 0 Å². The first-order valence-electron chi connectivity index (χ1n) is 11.6. The summed E-state index contributed by atoms with van der Waals surface area (Å²) in [5.41, 5.74) is 6.60. The molecule has 0 aliphatic rings. The van der Waals surface area contributed by atoms with Gasteiger partial charge in [-0.2, -0.15) is 0 Å². The van der Waals surface area contributed by atoms with E-state index in [1.807, 2.05) is 65.8 Å². The topological polar surface area (TPSA) is 66.5 Å². The lowest BCUT2D eigenvalue weighted by Crippen LogP contribution is -2.42. The molecule has 0 aromatic heterocycles. The van der Waals surface area contributed by atoms with Crippen LogP contribution >= 0.6 is 0 Å². The van der Waals surface area contributed by atoms with Crippen molar-refractivity contribution >= 4 is 21.6 Å². The molecule has 1 atom stereocenters. The largest absolute Gasteiger partial charge is 0.348 e. The Balaban J connectivity index is 1.96. The number of anilines is 1. The van der Waals surface area contributed by atoms with Gasteiger partial charge in [-0.25, -0.2) is 8.42 Å². The van der Waals surface area contributed by atoms with Crippen molar-refractivity contribution in [1.29, 1.82) is 0 Å². The highest BCUT2D eigenvalue weighted by molar-refractivity contribution is 7.92. The van der Waals surface area contributed by atoms with Gasteiger partial charge in [0.15, 0.2) is 0 Å². The van der Waals surface area contributed by atoms with E-state index in [0.29, 0.717) is 12.1 Å². The molecule has 3 aromatic rings. The first-order valence-corrected chi connectivity index (χ1v) is 13.0. The number of carbonyl (C=O) groups excluding carboxylic acids is 1. The van der Waals surface area contributed by atoms with Crippen LogP contribution in [0.2, 0.25) is 0 Å². The normalized spacial score (nSPS) is 12.3. The minimum atomic E-state index is -3.95. The highest BCUT2D eigenvalue weighted by atomic mass is 32.2. The van der Waals surface area contributed by atoms with Gasteiger partial charge in [-0.15, -0.1) is 0 Å². The number of nitrogens with one attached hydrogen (secondary N) is 1. The molecule has 5 nitrogen and oxygen atoms in total. The molecule has 0 saturated heterocycles. The van der Waals surface area contributed by atoms with Gasteiger partial charge < -0.3 is 5.32 Å². The molecular formula is C28H34N2O3S. The standard InChI is InChI=1S/C28H34N2O3S/c1-7-26(25-14-10-20(3)16-22(25)5)29-28(31)18-30(27-15-11-21(4)17-23(27)6)34(32,33)24-12-8-19(2)9-13-24/h8-17,26H,7,18H2,1-6H3,(H,29,31). The highest BCUT2D eigenvalue weighted by Gasteiger charge is 2.29. The molecule has 1 N–H and O–H groups in total. The minimum Gasteiger partial charge on any atom is -0.348 e. The molecule has 34 heavy (non-hydrogen) atoms. The smallest absolute Gasteiger partial charge is 0.264 e. The van der Waals surface area contributed by atoms with E-state index in [0.717, 1.165) is 33.4 Å². The zero-order valence-electron chi connectivity index (χ0n) is 20.8. The minimum absolute atomic E-state index is 0.160. The number of hydrogen-bond donors (Lipinski definition) is 1. The molecule has 3 rings (SSSR count). The lowest BCUT2D eigenvalue weighted by molar-refractivity contribution is -0.120. The second kappa shape index (κ2) is 10.4. The molecule has 0 saturated carbocycles. The van der Waals surface area contributed by atoms with Crippen molar-refractivity contribution in [2.45, 2.75) is 58.9 Å². The molecule has 0 aliphatic heterocycles. The van der Waals surface area contributed by atoms with Gasteiger partial charge in [-0.1, -0.05) is 66.1 Å². The zero-order valence-corrected chi connectivity index (χ0v) is 21.7. The van der Waals surface area contributed by atoms with Gasteiger partial charge in [0.25, 0.3) is 10.0 Å². The molecule has 1 unspecified atom stereocenters. The van der Waals surface area contributed by atoms with Crippen LogP contribution in [0.1, 0.15) is 52.8 Å². The third kappa shape index (κ3) is 5.68. The Hall–Kier alpha value is -3.12. The first kappa shape index (κ1) is 25.5. The van der Waals surface area contributed by atoms with Crippen molar-refractivity contribution in [2.75, 3.05) is 10.8 Å². The average Bonchev–Trinajstić information content (AvgIpc) is 2.77. The van der Waals surface area contributed by atoms with Gasteiger partial charge in [0.2, 0.25) is 5.91 Å². The Morgan fingerprint density at radius 1 is 0.824 bits per heavy atom. The zero-order chi connectivity index (χ0) is 25.0. The summed E-state index contributed by atoms with van der Waals surface area (Å²) in [7, 11) is -3.95. The van der Waals surface area contributed by atoms with Crippen LogP contribution in [0.4, 0.5) is 5.69 Å². The van der Waals surface area contributed by atoms with Crippen molar-refractivity contribution in [3.8, 4) is 0 Å². The Kier molecular flexibility index (Phi) is 7.82. The maximum Gasteiger partial charge on any atom is 0.264 e. The number of hydrogen-bond acceptors (Lipinski definition) is 3. The average molecular weight is 479 g/mol. The quantitative estimate of drug-likeness (QED) is 0.452. The van der Waals surface area contributed by atoms with Crippen LogP contribution in [0, 0.1) is 34.6 Å². The Labute approximate surface area is 203 Å². The number of carbonyl (C=O) groups is 1. The molecule has 1 amide bonds. The van der Waals surface area contributed by atoms with E-state index in [1.165, 1.54) is 4.31 Å². The van der Waals surface area contributed by atoms with E-state index in [9.17, 15) is 13.2 Å². The molecule has 180 valence electrons. The Morgan fingerprint density at radius 3 is 1.94 bits per heavy atom. The number of rotatable bonds is 8. The van der Waals surface area contributed by atoms with Gasteiger partial charge in [0.1, 0.15) is 6.54 Å². The van der Waals surface area contributed by atoms with E-state index < -0.39 is 10.0 Å². The van der Waals surface area contributed by atoms with Crippen LogP contribution in [-0.2, 0) is 14.8 Å². The summed E-state index contributed by atoms with van der Waals surface area (Å²) in [5.74, 6) is -0.345. The molecule has 0 heterocycles. The first-order chi connectivity index (χ1) is 16.0. The van der Waals surface area contributed by atoms with E-state index in [4.69, 9.17) is 0 Å².